The molecule has 0 unspecified atom stereocenters. The number of hydrogen-bond acceptors (Lipinski definition) is 3. The molecular weight excluding hydrogens is 284 g/mol. The first-order valence-electron chi connectivity index (χ1n) is 6.57. The van der Waals surface area contributed by atoms with Crippen molar-refractivity contribution in [2.45, 2.75) is 13.1 Å². The number of halogens is 1. The number of nitrogens with zero attached hydrogens (tertiary/aromatic N) is 3. The third kappa shape index (κ3) is 3.22. The molecule has 4 nitrogen and oxygen atoms in total. The number of aromatic nitrogens is 2. The van der Waals surface area contributed by atoms with E-state index in [0.29, 0.717) is 17.1 Å². The zero-order valence-electron chi connectivity index (χ0n) is 11.3. The zero-order chi connectivity index (χ0) is 14.7. The Hall–Kier alpha value is -2.35. The second-order valence-corrected chi connectivity index (χ2v) is 5.19. The van der Waals surface area contributed by atoms with Crippen LogP contribution in [0.15, 0.2) is 48.8 Å². The number of nitriles is 1. The molecule has 5 heteroatoms. The zero-order valence-corrected chi connectivity index (χ0v) is 12.0. The molecule has 3 aromatic rings. The van der Waals surface area contributed by atoms with Crippen LogP contribution < -0.4 is 5.32 Å². The molecule has 0 saturated heterocycles. The molecule has 2 heterocycles. The number of pyridine rings is 1. The summed E-state index contributed by atoms with van der Waals surface area (Å²) in [5, 5.41) is 12.8. The summed E-state index contributed by atoms with van der Waals surface area (Å²) in [5.74, 6) is 0. The Labute approximate surface area is 127 Å². The fourth-order valence-corrected chi connectivity index (χ4v) is 2.30. The van der Waals surface area contributed by atoms with Crippen LogP contribution in [0.5, 0.6) is 0 Å². The molecule has 0 spiro atoms. The van der Waals surface area contributed by atoms with Gasteiger partial charge in [-0.2, -0.15) is 5.26 Å². The van der Waals surface area contributed by atoms with E-state index in [4.69, 9.17) is 16.9 Å². The van der Waals surface area contributed by atoms with Gasteiger partial charge in [-0.3, -0.25) is 0 Å². The van der Waals surface area contributed by atoms with Crippen LogP contribution in [-0.4, -0.2) is 9.38 Å². The molecule has 0 radical (unpaired) electrons. The largest absolute Gasteiger partial charge is 0.307 e. The molecule has 1 N–H and O–H groups in total. The molecule has 0 bridgehead atoms. The molecule has 0 saturated carbocycles. The lowest BCUT2D eigenvalue weighted by atomic mass is 10.1. The van der Waals surface area contributed by atoms with Gasteiger partial charge in [0.25, 0.3) is 0 Å². The Kier molecular flexibility index (Phi) is 3.87. The predicted molar refractivity (Wildman–Crippen MR) is 81.9 cm³/mol. The van der Waals surface area contributed by atoms with Crippen molar-refractivity contribution in [2.75, 3.05) is 0 Å². The van der Waals surface area contributed by atoms with E-state index in [-0.39, 0.29) is 0 Å². The van der Waals surface area contributed by atoms with E-state index in [1.165, 1.54) is 0 Å². The van der Waals surface area contributed by atoms with Crippen LogP contribution in [0.2, 0.25) is 5.02 Å². The Bertz CT molecular complexity index is 799. The van der Waals surface area contributed by atoms with Gasteiger partial charge in [0.15, 0.2) is 0 Å². The van der Waals surface area contributed by atoms with Crippen LogP contribution in [0, 0.1) is 11.3 Å². The van der Waals surface area contributed by atoms with Crippen LogP contribution in [0.1, 0.15) is 16.8 Å². The SMILES string of the molecule is N#Cc1ccc(CNCc2cn3cc(Cl)ccc3n2)cc1. The fourth-order valence-electron chi connectivity index (χ4n) is 2.13. The molecule has 0 aliphatic carbocycles. The highest BCUT2D eigenvalue weighted by molar-refractivity contribution is 6.30. The minimum Gasteiger partial charge on any atom is -0.307 e. The molecule has 0 aliphatic rings. The molecular formula is C16H13ClN4. The molecule has 2 aromatic heterocycles. The van der Waals surface area contributed by atoms with E-state index < -0.39 is 0 Å². The van der Waals surface area contributed by atoms with Gasteiger partial charge in [0.2, 0.25) is 0 Å². The molecule has 0 amide bonds. The molecule has 1 aromatic carbocycles. The lowest BCUT2D eigenvalue weighted by Crippen LogP contribution is -2.12. The van der Waals surface area contributed by atoms with E-state index in [2.05, 4.69) is 16.4 Å². The second-order valence-electron chi connectivity index (χ2n) is 4.76. The predicted octanol–water partition coefficient (Wildman–Crippen LogP) is 3.15. The molecule has 21 heavy (non-hydrogen) atoms. The number of nitrogens with one attached hydrogen (secondary N) is 1. The van der Waals surface area contributed by atoms with Crippen LogP contribution in [0.25, 0.3) is 5.65 Å². The summed E-state index contributed by atoms with van der Waals surface area (Å²) in [7, 11) is 0. The highest BCUT2D eigenvalue weighted by Crippen LogP contribution is 2.11. The summed E-state index contributed by atoms with van der Waals surface area (Å²) in [6.07, 6.45) is 3.81. The average Bonchev–Trinajstić information content (AvgIpc) is 2.89. The Balaban J connectivity index is 1.62. The van der Waals surface area contributed by atoms with Crippen LogP contribution in [0.4, 0.5) is 0 Å². The minimum absolute atomic E-state index is 0.677. The standard InChI is InChI=1S/C16H13ClN4/c17-14-5-6-16-20-15(11-21(16)10-14)9-19-8-13-3-1-12(7-18)2-4-13/h1-6,10-11,19H,8-9H2. The number of imidazole rings is 1. The number of hydrogen-bond donors (Lipinski definition) is 1. The van der Waals surface area contributed by atoms with Gasteiger partial charge < -0.3 is 9.72 Å². The van der Waals surface area contributed by atoms with Gasteiger partial charge >= 0.3 is 0 Å². The smallest absolute Gasteiger partial charge is 0.137 e. The van der Waals surface area contributed by atoms with Crippen molar-refractivity contribution >= 4 is 17.2 Å². The third-order valence-electron chi connectivity index (χ3n) is 3.18. The quantitative estimate of drug-likeness (QED) is 0.804. The van der Waals surface area contributed by atoms with Crippen LogP contribution >= 0.6 is 11.6 Å². The first kappa shape index (κ1) is 13.6. The monoisotopic (exact) mass is 296 g/mol. The lowest BCUT2D eigenvalue weighted by Gasteiger charge is -2.02. The molecule has 3 rings (SSSR count). The summed E-state index contributed by atoms with van der Waals surface area (Å²) >= 11 is 5.95. The van der Waals surface area contributed by atoms with Gasteiger partial charge in [-0.1, -0.05) is 23.7 Å². The maximum atomic E-state index is 8.76. The van der Waals surface area contributed by atoms with Gasteiger partial charge in [-0.15, -0.1) is 0 Å². The first-order valence-corrected chi connectivity index (χ1v) is 6.95. The van der Waals surface area contributed by atoms with E-state index in [9.17, 15) is 0 Å². The summed E-state index contributed by atoms with van der Waals surface area (Å²) in [5.41, 5.74) is 3.66. The van der Waals surface area contributed by atoms with Crippen LogP contribution in [-0.2, 0) is 13.1 Å². The lowest BCUT2D eigenvalue weighted by molar-refractivity contribution is 0.683. The molecule has 104 valence electrons. The topological polar surface area (TPSA) is 53.1 Å². The highest BCUT2D eigenvalue weighted by atomic mass is 35.5. The van der Waals surface area contributed by atoms with Crippen molar-refractivity contribution in [1.82, 2.24) is 14.7 Å². The van der Waals surface area contributed by atoms with E-state index in [1.807, 2.05) is 53.2 Å². The summed E-state index contributed by atoms with van der Waals surface area (Å²) in [4.78, 5) is 4.51. The fraction of sp³-hybridized carbons (Fsp3) is 0.125. The summed E-state index contributed by atoms with van der Waals surface area (Å²) in [6.45, 7) is 1.42. The number of benzene rings is 1. The van der Waals surface area contributed by atoms with Gasteiger partial charge in [-0.05, 0) is 29.8 Å². The second kappa shape index (κ2) is 5.96. The normalized spacial score (nSPS) is 10.7. The first-order chi connectivity index (χ1) is 10.2. The number of rotatable bonds is 4. The average molecular weight is 297 g/mol. The Morgan fingerprint density at radius 3 is 2.67 bits per heavy atom. The van der Waals surface area contributed by atoms with Crippen LogP contribution in [0.3, 0.4) is 0 Å². The number of fused-ring (bicyclic) bond motifs is 1. The van der Waals surface area contributed by atoms with Crippen molar-refractivity contribution in [3.8, 4) is 6.07 Å². The Morgan fingerprint density at radius 2 is 1.90 bits per heavy atom. The van der Waals surface area contributed by atoms with Crippen molar-refractivity contribution < 1.29 is 0 Å². The maximum absolute atomic E-state index is 8.76. The maximum Gasteiger partial charge on any atom is 0.137 e. The van der Waals surface area contributed by atoms with Crippen molar-refractivity contribution in [1.29, 1.82) is 5.26 Å². The minimum atomic E-state index is 0.677. The van der Waals surface area contributed by atoms with Crippen molar-refractivity contribution in [3.63, 3.8) is 0 Å². The van der Waals surface area contributed by atoms with Gasteiger partial charge in [0.05, 0.1) is 22.3 Å². The van der Waals surface area contributed by atoms with Gasteiger partial charge in [0, 0.05) is 25.5 Å². The van der Waals surface area contributed by atoms with E-state index in [0.717, 1.165) is 23.4 Å². The van der Waals surface area contributed by atoms with Crippen molar-refractivity contribution in [3.05, 3.63) is 70.6 Å². The van der Waals surface area contributed by atoms with E-state index in [1.54, 1.807) is 0 Å². The van der Waals surface area contributed by atoms with Gasteiger partial charge in [-0.25, -0.2) is 4.98 Å². The third-order valence-corrected chi connectivity index (χ3v) is 3.41. The van der Waals surface area contributed by atoms with Gasteiger partial charge in [0.1, 0.15) is 5.65 Å². The van der Waals surface area contributed by atoms with E-state index >= 15 is 0 Å². The van der Waals surface area contributed by atoms with Crippen molar-refractivity contribution in [2.24, 2.45) is 0 Å². The summed E-state index contributed by atoms with van der Waals surface area (Å²) in [6, 6.07) is 13.4. The summed E-state index contributed by atoms with van der Waals surface area (Å²) < 4.78 is 1.92. The molecule has 0 fully saturated rings. The highest BCUT2D eigenvalue weighted by Gasteiger charge is 2.02. The molecule has 0 aliphatic heterocycles. The Morgan fingerprint density at radius 1 is 1.10 bits per heavy atom. The molecule has 0 atom stereocenters.